The molecule has 0 atom stereocenters. The third kappa shape index (κ3) is 4.98. The summed E-state index contributed by atoms with van der Waals surface area (Å²) in [5, 5.41) is 6.89. The molecule has 0 N–H and O–H groups in total. The van der Waals surface area contributed by atoms with Gasteiger partial charge in [0, 0.05) is 27.5 Å². The topological polar surface area (TPSA) is 38.9 Å². The van der Waals surface area contributed by atoms with E-state index in [-0.39, 0.29) is 0 Å². The van der Waals surface area contributed by atoms with E-state index in [2.05, 4.69) is 146 Å². The molecular weight excluding hydrogens is 621 g/mol. The summed E-state index contributed by atoms with van der Waals surface area (Å²) < 4.78 is 6.94. The van der Waals surface area contributed by atoms with Crippen molar-refractivity contribution in [1.82, 2.24) is 9.97 Å². The van der Waals surface area contributed by atoms with E-state index in [4.69, 9.17) is 14.4 Å². The lowest BCUT2D eigenvalue weighted by Gasteiger charge is -2.14. The lowest BCUT2D eigenvalue weighted by atomic mass is 9.89. The molecular formula is C48H30N2O. The van der Waals surface area contributed by atoms with Gasteiger partial charge >= 0.3 is 0 Å². The molecule has 238 valence electrons. The number of fused-ring (bicyclic) bond motifs is 5. The quantitative estimate of drug-likeness (QED) is 0.186. The number of hydrogen-bond donors (Lipinski definition) is 0. The van der Waals surface area contributed by atoms with Crippen LogP contribution in [0.25, 0.3) is 99.6 Å². The minimum absolute atomic E-state index is 0.675. The van der Waals surface area contributed by atoms with Gasteiger partial charge in [0.05, 0.1) is 11.4 Å². The molecule has 0 saturated carbocycles. The molecule has 2 heterocycles. The third-order valence-corrected chi connectivity index (χ3v) is 9.89. The van der Waals surface area contributed by atoms with Crippen molar-refractivity contribution in [2.75, 3.05) is 0 Å². The van der Waals surface area contributed by atoms with Crippen LogP contribution in [0.5, 0.6) is 0 Å². The van der Waals surface area contributed by atoms with Crippen LogP contribution in [0.15, 0.2) is 186 Å². The van der Waals surface area contributed by atoms with Crippen LogP contribution in [0.4, 0.5) is 0 Å². The summed E-state index contributed by atoms with van der Waals surface area (Å²) in [6.45, 7) is 0. The normalized spacial score (nSPS) is 11.5. The van der Waals surface area contributed by atoms with Gasteiger partial charge in [-0.25, -0.2) is 9.97 Å². The molecule has 3 heteroatoms. The highest BCUT2D eigenvalue weighted by atomic mass is 16.3. The van der Waals surface area contributed by atoms with Crippen molar-refractivity contribution >= 4 is 43.5 Å². The van der Waals surface area contributed by atoms with E-state index in [9.17, 15) is 0 Å². The molecule has 2 aromatic heterocycles. The van der Waals surface area contributed by atoms with E-state index in [0.717, 1.165) is 66.5 Å². The maximum absolute atomic E-state index is 6.94. The van der Waals surface area contributed by atoms with E-state index in [1.807, 2.05) is 36.4 Å². The summed E-state index contributed by atoms with van der Waals surface area (Å²) in [5.74, 6) is 0.675. The van der Waals surface area contributed by atoms with Crippen LogP contribution in [0, 0.1) is 0 Å². The Labute approximate surface area is 295 Å². The summed E-state index contributed by atoms with van der Waals surface area (Å²) in [6, 6.07) is 63.8. The molecule has 0 fully saturated rings. The highest BCUT2D eigenvalue weighted by molar-refractivity contribution is 6.21. The fraction of sp³-hybridized carbons (Fsp3) is 0. The number of benzene rings is 8. The van der Waals surface area contributed by atoms with Crippen LogP contribution >= 0.6 is 0 Å². The maximum atomic E-state index is 6.94. The molecule has 51 heavy (non-hydrogen) atoms. The number of hydrogen-bond acceptors (Lipinski definition) is 3. The van der Waals surface area contributed by atoms with Crippen molar-refractivity contribution in [3.05, 3.63) is 182 Å². The second-order valence-corrected chi connectivity index (χ2v) is 12.9. The number of furan rings is 1. The molecule has 0 unspecified atom stereocenters. The van der Waals surface area contributed by atoms with Gasteiger partial charge in [0.25, 0.3) is 0 Å². The van der Waals surface area contributed by atoms with Crippen LogP contribution in [0.2, 0.25) is 0 Å². The summed E-state index contributed by atoms with van der Waals surface area (Å²) in [4.78, 5) is 10.3. The predicted octanol–water partition coefficient (Wildman–Crippen LogP) is 13.0. The van der Waals surface area contributed by atoms with Crippen molar-refractivity contribution in [2.45, 2.75) is 0 Å². The molecule has 0 spiro atoms. The zero-order valence-corrected chi connectivity index (χ0v) is 27.6. The van der Waals surface area contributed by atoms with Gasteiger partial charge < -0.3 is 4.42 Å². The van der Waals surface area contributed by atoms with E-state index in [1.165, 1.54) is 27.3 Å². The van der Waals surface area contributed by atoms with Gasteiger partial charge in [0.2, 0.25) is 0 Å². The third-order valence-electron chi connectivity index (χ3n) is 9.89. The molecule has 3 nitrogen and oxygen atoms in total. The number of nitrogens with zero attached hydrogens (tertiary/aromatic N) is 2. The van der Waals surface area contributed by atoms with E-state index < -0.39 is 0 Å². The Morgan fingerprint density at radius 1 is 0.353 bits per heavy atom. The van der Waals surface area contributed by atoms with Crippen molar-refractivity contribution in [1.29, 1.82) is 0 Å². The minimum atomic E-state index is 0.675. The van der Waals surface area contributed by atoms with Gasteiger partial charge in [-0.15, -0.1) is 0 Å². The minimum Gasteiger partial charge on any atom is -0.455 e. The Bertz CT molecular complexity index is 2840. The summed E-state index contributed by atoms with van der Waals surface area (Å²) >= 11 is 0. The summed E-state index contributed by atoms with van der Waals surface area (Å²) in [5.41, 5.74) is 11.0. The molecule has 0 saturated heterocycles. The molecule has 0 radical (unpaired) electrons. The molecule has 10 aromatic rings. The van der Waals surface area contributed by atoms with Gasteiger partial charge in [-0.2, -0.15) is 0 Å². The smallest absolute Gasteiger partial charge is 0.160 e. The zero-order valence-electron chi connectivity index (χ0n) is 27.6. The first-order valence-electron chi connectivity index (χ1n) is 17.2. The first-order valence-corrected chi connectivity index (χ1v) is 17.2. The highest BCUT2D eigenvalue weighted by Gasteiger charge is 2.21. The SMILES string of the molecule is c1ccc(-c2cc(-c3ccc(-c4ccc(-c5ccccc5)c5ccccc45)c4c3oc3cc5ccccc5cc34)nc(-c3ccccc3)n2)cc1. The van der Waals surface area contributed by atoms with Crippen LogP contribution < -0.4 is 0 Å². The van der Waals surface area contributed by atoms with E-state index in [1.54, 1.807) is 0 Å². The average Bonchev–Trinajstić information content (AvgIpc) is 3.58. The molecule has 0 aliphatic heterocycles. The van der Waals surface area contributed by atoms with Gasteiger partial charge in [0.15, 0.2) is 5.82 Å². The predicted molar refractivity (Wildman–Crippen MR) is 212 cm³/mol. The maximum Gasteiger partial charge on any atom is 0.160 e. The van der Waals surface area contributed by atoms with Crippen molar-refractivity contribution in [3.8, 4) is 56.2 Å². The highest BCUT2D eigenvalue weighted by Crippen LogP contribution is 2.45. The fourth-order valence-corrected chi connectivity index (χ4v) is 7.45. The summed E-state index contributed by atoms with van der Waals surface area (Å²) in [7, 11) is 0. The largest absolute Gasteiger partial charge is 0.455 e. The monoisotopic (exact) mass is 650 g/mol. The molecule has 0 aliphatic rings. The van der Waals surface area contributed by atoms with E-state index >= 15 is 0 Å². The second-order valence-electron chi connectivity index (χ2n) is 12.9. The standard InChI is InChI=1S/C48H30N2O/c1-4-14-31(15-5-1)36-24-25-39(38-23-13-12-22-37(36)38)40-26-27-41(47-46(40)42-28-34-20-10-11-21-35(34)29-45(42)51-47)44-30-43(32-16-6-2-7-17-32)49-48(50-44)33-18-8-3-9-19-33/h1-30H. The van der Waals surface area contributed by atoms with Gasteiger partial charge in [-0.3, -0.25) is 0 Å². The van der Waals surface area contributed by atoms with Crippen molar-refractivity contribution in [3.63, 3.8) is 0 Å². The Morgan fingerprint density at radius 2 is 0.882 bits per heavy atom. The first kappa shape index (κ1) is 29.1. The Kier molecular flexibility index (Phi) is 6.81. The lowest BCUT2D eigenvalue weighted by Crippen LogP contribution is -1.96. The second kappa shape index (κ2) is 11.9. The van der Waals surface area contributed by atoms with Gasteiger partial charge in [-0.1, -0.05) is 158 Å². The Balaban J connectivity index is 1.28. The molecule has 0 amide bonds. The Morgan fingerprint density at radius 3 is 1.61 bits per heavy atom. The average molecular weight is 651 g/mol. The fourth-order valence-electron chi connectivity index (χ4n) is 7.45. The number of aromatic nitrogens is 2. The van der Waals surface area contributed by atoms with Crippen LogP contribution in [-0.2, 0) is 0 Å². The van der Waals surface area contributed by atoms with Crippen molar-refractivity contribution in [2.24, 2.45) is 0 Å². The molecule has 0 aliphatic carbocycles. The van der Waals surface area contributed by atoms with Gasteiger partial charge in [-0.05, 0) is 68.1 Å². The van der Waals surface area contributed by atoms with Crippen molar-refractivity contribution < 1.29 is 4.42 Å². The lowest BCUT2D eigenvalue weighted by molar-refractivity contribution is 0.670. The first-order chi connectivity index (χ1) is 25.3. The molecule has 8 aromatic carbocycles. The van der Waals surface area contributed by atoms with Crippen LogP contribution in [0.1, 0.15) is 0 Å². The Hall–Kier alpha value is -6.84. The van der Waals surface area contributed by atoms with E-state index in [0.29, 0.717) is 5.82 Å². The van der Waals surface area contributed by atoms with Crippen LogP contribution in [-0.4, -0.2) is 9.97 Å². The molecule has 10 rings (SSSR count). The zero-order chi connectivity index (χ0) is 33.7. The number of rotatable bonds is 5. The summed E-state index contributed by atoms with van der Waals surface area (Å²) in [6.07, 6.45) is 0. The van der Waals surface area contributed by atoms with Gasteiger partial charge in [0.1, 0.15) is 11.2 Å². The van der Waals surface area contributed by atoms with Crippen LogP contribution in [0.3, 0.4) is 0 Å². The molecule has 0 bridgehead atoms.